The van der Waals surface area contributed by atoms with E-state index in [0.29, 0.717) is 24.5 Å². The first-order chi connectivity index (χ1) is 12.7. The number of hydrogen-bond acceptors (Lipinski definition) is 6. The zero-order valence-electron chi connectivity index (χ0n) is 14.3. The van der Waals surface area contributed by atoms with Gasteiger partial charge in [0.15, 0.2) is 11.6 Å². The van der Waals surface area contributed by atoms with E-state index in [4.69, 9.17) is 4.74 Å². The summed E-state index contributed by atoms with van der Waals surface area (Å²) in [6, 6.07) is 8.86. The van der Waals surface area contributed by atoms with Gasteiger partial charge in [0.05, 0.1) is 11.6 Å². The number of rotatable bonds is 4. The predicted octanol–water partition coefficient (Wildman–Crippen LogP) is 1.86. The highest BCUT2D eigenvalue weighted by Crippen LogP contribution is 2.26. The third kappa shape index (κ3) is 3.01. The van der Waals surface area contributed by atoms with Crippen molar-refractivity contribution in [2.75, 3.05) is 6.54 Å². The molecule has 8 heteroatoms. The van der Waals surface area contributed by atoms with Gasteiger partial charge in [-0.05, 0) is 25.1 Å². The van der Waals surface area contributed by atoms with Gasteiger partial charge >= 0.3 is 0 Å². The molecule has 1 aliphatic heterocycles. The molecule has 0 radical (unpaired) electrons. The molecule has 4 heterocycles. The molecule has 0 N–H and O–H groups in total. The molecule has 3 aromatic rings. The van der Waals surface area contributed by atoms with Gasteiger partial charge in [-0.25, -0.2) is 4.98 Å². The zero-order valence-corrected chi connectivity index (χ0v) is 14.3. The van der Waals surface area contributed by atoms with Crippen LogP contribution in [0, 0.1) is 0 Å². The molecule has 0 unspecified atom stereocenters. The number of fused-ring (bicyclic) bond motifs is 1. The minimum absolute atomic E-state index is 0.0499. The van der Waals surface area contributed by atoms with Gasteiger partial charge in [0, 0.05) is 37.7 Å². The summed E-state index contributed by atoms with van der Waals surface area (Å²) in [6.07, 6.45) is 4.92. The third-order valence-electron chi connectivity index (χ3n) is 4.42. The molecule has 26 heavy (non-hydrogen) atoms. The summed E-state index contributed by atoms with van der Waals surface area (Å²) in [4.78, 5) is 22.7. The summed E-state index contributed by atoms with van der Waals surface area (Å²) in [5.74, 6) is 1.98. The number of amides is 1. The van der Waals surface area contributed by atoms with Crippen molar-refractivity contribution < 1.29 is 9.53 Å². The van der Waals surface area contributed by atoms with Crippen molar-refractivity contribution in [2.24, 2.45) is 0 Å². The summed E-state index contributed by atoms with van der Waals surface area (Å²) < 4.78 is 7.69. The monoisotopic (exact) mass is 350 g/mol. The van der Waals surface area contributed by atoms with Crippen molar-refractivity contribution in [3.05, 3.63) is 66.1 Å². The molecule has 4 rings (SSSR count). The molecule has 0 aromatic carbocycles. The van der Waals surface area contributed by atoms with Gasteiger partial charge in [-0.2, -0.15) is 0 Å². The highest BCUT2D eigenvalue weighted by atomic mass is 16.5. The summed E-state index contributed by atoms with van der Waals surface area (Å²) in [7, 11) is 0. The number of carbonyl (C=O) groups excluding carboxylic acids is 1. The minimum Gasteiger partial charge on any atom is -0.469 e. The van der Waals surface area contributed by atoms with E-state index in [0.717, 1.165) is 11.6 Å². The molecule has 1 atom stereocenters. The van der Waals surface area contributed by atoms with Crippen molar-refractivity contribution in [3.63, 3.8) is 0 Å². The molecular weight excluding hydrogens is 332 g/mol. The first-order valence-corrected chi connectivity index (χ1v) is 8.41. The van der Waals surface area contributed by atoms with Crippen LogP contribution >= 0.6 is 0 Å². The second-order valence-corrected chi connectivity index (χ2v) is 6.00. The average molecular weight is 350 g/mol. The fourth-order valence-electron chi connectivity index (χ4n) is 3.05. The molecule has 0 saturated carbocycles. The van der Waals surface area contributed by atoms with Gasteiger partial charge in [-0.15, -0.1) is 10.2 Å². The van der Waals surface area contributed by atoms with Crippen molar-refractivity contribution in [2.45, 2.75) is 26.1 Å². The molecule has 3 aromatic heterocycles. The fourth-order valence-corrected chi connectivity index (χ4v) is 3.05. The van der Waals surface area contributed by atoms with Crippen LogP contribution in [0.5, 0.6) is 5.88 Å². The summed E-state index contributed by atoms with van der Waals surface area (Å²) >= 11 is 0. The van der Waals surface area contributed by atoms with E-state index in [-0.39, 0.29) is 18.6 Å². The smallest absolute Gasteiger partial charge is 0.256 e. The molecule has 0 fully saturated rings. The lowest BCUT2D eigenvalue weighted by atomic mass is 10.1. The Morgan fingerprint density at radius 3 is 2.88 bits per heavy atom. The molecule has 0 spiro atoms. The van der Waals surface area contributed by atoms with Crippen molar-refractivity contribution in [1.82, 2.24) is 29.6 Å². The lowest BCUT2D eigenvalue weighted by Crippen LogP contribution is -2.41. The predicted molar refractivity (Wildman–Crippen MR) is 92.3 cm³/mol. The largest absolute Gasteiger partial charge is 0.469 e. The topological polar surface area (TPSA) is 86.0 Å². The van der Waals surface area contributed by atoms with Crippen LogP contribution in [0.25, 0.3) is 0 Å². The van der Waals surface area contributed by atoms with Gasteiger partial charge in [0.1, 0.15) is 6.61 Å². The molecule has 8 nitrogen and oxygen atoms in total. The van der Waals surface area contributed by atoms with Crippen molar-refractivity contribution in [1.29, 1.82) is 0 Å². The Balaban J connectivity index is 1.50. The van der Waals surface area contributed by atoms with Crippen LogP contribution in [0.4, 0.5) is 0 Å². The molecule has 1 aliphatic rings. The maximum atomic E-state index is 12.7. The SMILES string of the molecule is C[C@H]1c2nnc(COc3ccccn3)n2CCN1C(=O)c1cccnc1. The Bertz CT molecular complexity index is 897. The molecule has 0 bridgehead atoms. The number of ether oxygens (including phenoxy) is 1. The van der Waals surface area contributed by atoms with Crippen LogP contribution < -0.4 is 4.74 Å². The Morgan fingerprint density at radius 1 is 1.19 bits per heavy atom. The summed E-state index contributed by atoms with van der Waals surface area (Å²) in [6.45, 7) is 3.45. The van der Waals surface area contributed by atoms with Crippen LogP contribution in [-0.2, 0) is 13.2 Å². The van der Waals surface area contributed by atoms with Gasteiger partial charge in [-0.3, -0.25) is 9.78 Å². The van der Waals surface area contributed by atoms with Crippen LogP contribution in [0.2, 0.25) is 0 Å². The maximum Gasteiger partial charge on any atom is 0.256 e. The van der Waals surface area contributed by atoms with Crippen molar-refractivity contribution >= 4 is 5.91 Å². The molecular formula is C18H18N6O2. The van der Waals surface area contributed by atoms with Crippen LogP contribution in [0.1, 0.15) is 35.0 Å². The number of carbonyl (C=O) groups is 1. The lowest BCUT2D eigenvalue weighted by Gasteiger charge is -2.33. The highest BCUT2D eigenvalue weighted by molar-refractivity contribution is 5.94. The quantitative estimate of drug-likeness (QED) is 0.714. The van der Waals surface area contributed by atoms with Crippen LogP contribution in [0.3, 0.4) is 0 Å². The van der Waals surface area contributed by atoms with E-state index in [2.05, 4.69) is 20.2 Å². The molecule has 0 aliphatic carbocycles. The second kappa shape index (κ2) is 6.91. The fraction of sp³-hybridized carbons (Fsp3) is 0.278. The number of aromatic nitrogens is 5. The van der Waals surface area contributed by atoms with E-state index in [9.17, 15) is 4.79 Å². The van der Waals surface area contributed by atoms with E-state index in [1.165, 1.54) is 0 Å². The Morgan fingerprint density at radius 2 is 2.12 bits per heavy atom. The minimum atomic E-state index is -0.174. The molecule has 1 amide bonds. The molecule has 0 saturated heterocycles. The summed E-state index contributed by atoms with van der Waals surface area (Å²) in [5, 5.41) is 8.52. The van der Waals surface area contributed by atoms with Crippen LogP contribution in [-0.4, -0.2) is 42.1 Å². The number of hydrogen-bond donors (Lipinski definition) is 0. The first kappa shape index (κ1) is 16.2. The van der Waals surface area contributed by atoms with E-state index in [1.807, 2.05) is 23.6 Å². The highest BCUT2D eigenvalue weighted by Gasteiger charge is 2.31. The Hall–Kier alpha value is -3.29. The summed E-state index contributed by atoms with van der Waals surface area (Å²) in [5.41, 5.74) is 0.575. The zero-order chi connectivity index (χ0) is 17.9. The number of nitrogens with zero attached hydrogens (tertiary/aromatic N) is 6. The van der Waals surface area contributed by atoms with Crippen molar-refractivity contribution in [3.8, 4) is 5.88 Å². The van der Waals surface area contributed by atoms with Gasteiger partial charge in [0.2, 0.25) is 5.88 Å². The standard InChI is InChI=1S/C18H18N6O2/c1-13-17-22-21-15(12-26-16-6-2-3-8-20-16)24(17)10-9-23(13)18(25)14-5-4-7-19-11-14/h2-8,11,13H,9-10,12H2,1H3/t13-/m0/s1. The third-order valence-corrected chi connectivity index (χ3v) is 4.42. The molecule has 132 valence electrons. The van der Waals surface area contributed by atoms with E-state index < -0.39 is 0 Å². The van der Waals surface area contributed by atoms with Crippen LogP contribution in [0.15, 0.2) is 48.9 Å². The van der Waals surface area contributed by atoms with E-state index >= 15 is 0 Å². The lowest BCUT2D eigenvalue weighted by molar-refractivity contribution is 0.0634. The Kier molecular flexibility index (Phi) is 4.30. The maximum absolute atomic E-state index is 12.7. The normalized spacial score (nSPS) is 16.2. The second-order valence-electron chi connectivity index (χ2n) is 6.00. The average Bonchev–Trinajstić information content (AvgIpc) is 3.12. The first-order valence-electron chi connectivity index (χ1n) is 8.41. The van der Waals surface area contributed by atoms with E-state index in [1.54, 1.807) is 41.7 Å². The Labute approximate surface area is 150 Å². The van der Waals surface area contributed by atoms with Gasteiger partial charge in [0.25, 0.3) is 5.91 Å². The number of pyridine rings is 2. The van der Waals surface area contributed by atoms with Gasteiger partial charge in [-0.1, -0.05) is 6.07 Å². The van der Waals surface area contributed by atoms with Gasteiger partial charge < -0.3 is 14.2 Å².